The molecule has 3 nitrogen and oxygen atoms in total. The lowest BCUT2D eigenvalue weighted by Gasteiger charge is -2.18. The first-order valence-electron chi connectivity index (χ1n) is 4.02. The molecule has 1 aromatic heterocycles. The second-order valence-corrected chi connectivity index (χ2v) is 2.82. The third-order valence-electron chi connectivity index (χ3n) is 1.80. The largest absolute Gasteiger partial charge is 0.488 e. The highest BCUT2D eigenvalue weighted by atomic mass is 19.4. The summed E-state index contributed by atoms with van der Waals surface area (Å²) in [6, 6.07) is 2.18. The first-order chi connectivity index (χ1) is 6.57. The molecular formula is C8H7F3N2O. The standard InChI is InChI=1S/C8H7F3N2O/c9-8(10,11)6-2-1-5-7(13-6)12-3-4-14-5/h1-2H,3-4H2,(H,12,13). The summed E-state index contributed by atoms with van der Waals surface area (Å²) in [7, 11) is 0. The predicted octanol–water partition coefficient (Wildman–Crippen LogP) is 1.90. The summed E-state index contributed by atoms with van der Waals surface area (Å²) in [6.07, 6.45) is -4.41. The SMILES string of the molecule is FC(F)(F)c1ccc2c(n1)NCCO2. The Labute approximate surface area is 77.9 Å². The zero-order valence-corrected chi connectivity index (χ0v) is 7.06. The number of anilines is 1. The number of pyridine rings is 1. The Bertz CT molecular complexity index is 351. The topological polar surface area (TPSA) is 34.2 Å². The van der Waals surface area contributed by atoms with Gasteiger partial charge in [0.05, 0.1) is 6.54 Å². The fraction of sp³-hybridized carbons (Fsp3) is 0.375. The molecule has 14 heavy (non-hydrogen) atoms. The summed E-state index contributed by atoms with van der Waals surface area (Å²) in [5.74, 6) is 0.523. The molecule has 0 atom stereocenters. The maximum Gasteiger partial charge on any atom is 0.433 e. The summed E-state index contributed by atoms with van der Waals surface area (Å²) in [5.41, 5.74) is -0.908. The normalized spacial score (nSPS) is 15.4. The van der Waals surface area contributed by atoms with E-state index in [1.807, 2.05) is 0 Å². The van der Waals surface area contributed by atoms with Crippen LogP contribution in [0.15, 0.2) is 12.1 Å². The fourth-order valence-corrected chi connectivity index (χ4v) is 1.18. The van der Waals surface area contributed by atoms with E-state index in [0.29, 0.717) is 18.9 Å². The zero-order chi connectivity index (χ0) is 10.2. The van der Waals surface area contributed by atoms with E-state index in [2.05, 4.69) is 10.3 Å². The number of aromatic nitrogens is 1. The highest BCUT2D eigenvalue weighted by molar-refractivity contribution is 5.52. The number of nitrogens with zero attached hydrogens (tertiary/aromatic N) is 1. The number of hydrogen-bond donors (Lipinski definition) is 1. The molecule has 1 aromatic rings. The van der Waals surface area contributed by atoms with Crippen LogP contribution in [-0.4, -0.2) is 18.1 Å². The molecule has 0 radical (unpaired) electrons. The van der Waals surface area contributed by atoms with Crippen molar-refractivity contribution in [3.63, 3.8) is 0 Å². The Morgan fingerprint density at radius 2 is 2.14 bits per heavy atom. The van der Waals surface area contributed by atoms with Crippen LogP contribution in [-0.2, 0) is 6.18 Å². The van der Waals surface area contributed by atoms with Crippen molar-refractivity contribution in [3.05, 3.63) is 17.8 Å². The van der Waals surface area contributed by atoms with Crippen LogP contribution in [0, 0.1) is 0 Å². The van der Waals surface area contributed by atoms with Crippen molar-refractivity contribution in [2.75, 3.05) is 18.5 Å². The van der Waals surface area contributed by atoms with Crippen molar-refractivity contribution in [2.45, 2.75) is 6.18 Å². The number of alkyl halides is 3. The second-order valence-electron chi connectivity index (χ2n) is 2.82. The van der Waals surface area contributed by atoms with Gasteiger partial charge in [0.1, 0.15) is 12.3 Å². The van der Waals surface area contributed by atoms with Crippen molar-refractivity contribution in [1.82, 2.24) is 4.98 Å². The van der Waals surface area contributed by atoms with E-state index in [9.17, 15) is 13.2 Å². The molecule has 0 unspecified atom stereocenters. The Morgan fingerprint density at radius 3 is 2.86 bits per heavy atom. The minimum Gasteiger partial charge on any atom is -0.488 e. The van der Waals surface area contributed by atoms with Gasteiger partial charge in [-0.1, -0.05) is 0 Å². The molecule has 76 valence electrons. The van der Waals surface area contributed by atoms with Crippen molar-refractivity contribution in [2.24, 2.45) is 0 Å². The molecule has 0 fully saturated rings. The van der Waals surface area contributed by atoms with Crippen LogP contribution in [0.5, 0.6) is 5.75 Å². The van der Waals surface area contributed by atoms with Crippen LogP contribution in [0.25, 0.3) is 0 Å². The average Bonchev–Trinajstić information content (AvgIpc) is 2.16. The Hall–Kier alpha value is -1.46. The second kappa shape index (κ2) is 3.04. The monoisotopic (exact) mass is 204 g/mol. The molecule has 1 aliphatic rings. The maximum absolute atomic E-state index is 12.2. The van der Waals surface area contributed by atoms with Gasteiger partial charge >= 0.3 is 6.18 Å². The molecule has 0 saturated carbocycles. The van der Waals surface area contributed by atoms with Crippen LogP contribution in [0.3, 0.4) is 0 Å². The zero-order valence-electron chi connectivity index (χ0n) is 7.06. The van der Waals surface area contributed by atoms with Crippen molar-refractivity contribution >= 4 is 5.82 Å². The van der Waals surface area contributed by atoms with E-state index in [1.54, 1.807) is 0 Å². The summed E-state index contributed by atoms with van der Waals surface area (Å²) >= 11 is 0. The summed E-state index contributed by atoms with van der Waals surface area (Å²) in [5, 5.41) is 2.74. The summed E-state index contributed by atoms with van der Waals surface area (Å²) < 4.78 is 41.8. The molecule has 0 amide bonds. The molecule has 0 saturated heterocycles. The number of ether oxygens (including phenoxy) is 1. The average molecular weight is 204 g/mol. The van der Waals surface area contributed by atoms with Gasteiger partial charge in [0.25, 0.3) is 0 Å². The number of fused-ring (bicyclic) bond motifs is 1. The molecule has 0 aromatic carbocycles. The molecule has 2 heterocycles. The fourth-order valence-electron chi connectivity index (χ4n) is 1.18. The highest BCUT2D eigenvalue weighted by Gasteiger charge is 2.33. The highest BCUT2D eigenvalue weighted by Crippen LogP contribution is 2.32. The van der Waals surface area contributed by atoms with Crippen LogP contribution >= 0.6 is 0 Å². The first-order valence-corrected chi connectivity index (χ1v) is 4.02. The van der Waals surface area contributed by atoms with Crippen LogP contribution < -0.4 is 10.1 Å². The van der Waals surface area contributed by atoms with Gasteiger partial charge in [-0.15, -0.1) is 0 Å². The van der Waals surface area contributed by atoms with E-state index in [0.717, 1.165) is 6.07 Å². The van der Waals surface area contributed by atoms with E-state index in [4.69, 9.17) is 4.74 Å². The van der Waals surface area contributed by atoms with Gasteiger partial charge in [-0.25, -0.2) is 4.98 Å². The lowest BCUT2D eigenvalue weighted by Crippen LogP contribution is -2.20. The van der Waals surface area contributed by atoms with Gasteiger partial charge in [-0.3, -0.25) is 0 Å². The first kappa shape index (κ1) is 9.11. The molecule has 0 bridgehead atoms. The molecule has 0 spiro atoms. The van der Waals surface area contributed by atoms with E-state index >= 15 is 0 Å². The van der Waals surface area contributed by atoms with Crippen LogP contribution in [0.4, 0.5) is 19.0 Å². The third kappa shape index (κ3) is 1.59. The van der Waals surface area contributed by atoms with Gasteiger partial charge in [0.2, 0.25) is 0 Å². The van der Waals surface area contributed by atoms with Gasteiger partial charge in [-0.2, -0.15) is 13.2 Å². The Kier molecular flexibility index (Phi) is 1.98. The Morgan fingerprint density at radius 1 is 1.36 bits per heavy atom. The third-order valence-corrected chi connectivity index (χ3v) is 1.80. The van der Waals surface area contributed by atoms with E-state index in [1.165, 1.54) is 6.07 Å². The van der Waals surface area contributed by atoms with Crippen molar-refractivity contribution in [3.8, 4) is 5.75 Å². The van der Waals surface area contributed by atoms with Gasteiger partial charge in [0, 0.05) is 0 Å². The lowest BCUT2D eigenvalue weighted by atomic mass is 10.3. The minimum atomic E-state index is -4.41. The van der Waals surface area contributed by atoms with Crippen molar-refractivity contribution in [1.29, 1.82) is 0 Å². The number of rotatable bonds is 0. The van der Waals surface area contributed by atoms with Crippen LogP contribution in [0.1, 0.15) is 5.69 Å². The van der Waals surface area contributed by atoms with E-state index in [-0.39, 0.29) is 5.82 Å². The molecule has 0 aliphatic carbocycles. The smallest absolute Gasteiger partial charge is 0.433 e. The molecular weight excluding hydrogens is 197 g/mol. The maximum atomic E-state index is 12.2. The summed E-state index contributed by atoms with van der Waals surface area (Å²) in [6.45, 7) is 0.918. The number of hydrogen-bond acceptors (Lipinski definition) is 3. The van der Waals surface area contributed by atoms with E-state index < -0.39 is 11.9 Å². The number of nitrogens with one attached hydrogen (secondary N) is 1. The summed E-state index contributed by atoms with van der Waals surface area (Å²) in [4.78, 5) is 3.42. The van der Waals surface area contributed by atoms with Crippen molar-refractivity contribution < 1.29 is 17.9 Å². The quantitative estimate of drug-likeness (QED) is 0.700. The molecule has 2 rings (SSSR count). The minimum absolute atomic E-state index is 0.158. The van der Waals surface area contributed by atoms with Gasteiger partial charge in [-0.05, 0) is 12.1 Å². The molecule has 1 aliphatic heterocycles. The predicted molar refractivity (Wildman–Crippen MR) is 43.2 cm³/mol. The molecule has 6 heteroatoms. The van der Waals surface area contributed by atoms with Gasteiger partial charge < -0.3 is 10.1 Å². The Balaban J connectivity index is 2.39. The molecule has 1 N–H and O–H groups in total. The van der Waals surface area contributed by atoms with Gasteiger partial charge in [0.15, 0.2) is 11.6 Å². The number of halogens is 3. The lowest BCUT2D eigenvalue weighted by molar-refractivity contribution is -0.141. The van der Waals surface area contributed by atoms with Crippen LogP contribution in [0.2, 0.25) is 0 Å².